The van der Waals surface area contributed by atoms with Crippen LogP contribution < -0.4 is 16.3 Å². The van der Waals surface area contributed by atoms with E-state index in [-0.39, 0.29) is 23.1 Å². The molecule has 8 nitrogen and oxygen atoms in total. The number of amides is 1. The lowest BCUT2D eigenvalue weighted by Gasteiger charge is -2.12. The average Bonchev–Trinajstić information content (AvgIpc) is 2.99. The van der Waals surface area contributed by atoms with Crippen LogP contribution in [0.5, 0.6) is 0 Å². The quantitative estimate of drug-likeness (QED) is 0.480. The van der Waals surface area contributed by atoms with Crippen molar-refractivity contribution in [3.05, 3.63) is 40.2 Å². The Labute approximate surface area is 137 Å². The largest absolute Gasteiger partial charge is 0.423 e. The van der Waals surface area contributed by atoms with Gasteiger partial charge in [0.05, 0.1) is 12.2 Å². The van der Waals surface area contributed by atoms with Gasteiger partial charge >= 0.3 is 13.2 Å². The Kier molecular flexibility index (Phi) is 4.56. The summed E-state index contributed by atoms with van der Waals surface area (Å²) in [7, 11) is -4.32. The third-order valence-electron chi connectivity index (χ3n) is 3.85. The van der Waals surface area contributed by atoms with E-state index in [2.05, 4.69) is 10.6 Å². The van der Waals surface area contributed by atoms with E-state index >= 15 is 0 Å². The molecule has 24 heavy (non-hydrogen) atoms. The molecule has 128 valence electrons. The van der Waals surface area contributed by atoms with Crippen molar-refractivity contribution >= 4 is 30.2 Å². The van der Waals surface area contributed by atoms with E-state index in [1.807, 2.05) is 0 Å². The number of carbonyl (C=O) groups is 1. The van der Waals surface area contributed by atoms with Crippen LogP contribution in [0, 0.1) is 0 Å². The van der Waals surface area contributed by atoms with Gasteiger partial charge in [0, 0.05) is 23.2 Å². The molecular weight excluding hydrogens is 335 g/mol. The van der Waals surface area contributed by atoms with Crippen molar-refractivity contribution in [1.29, 1.82) is 0 Å². The first kappa shape index (κ1) is 16.9. The first-order valence-electron chi connectivity index (χ1n) is 7.47. The maximum Gasteiger partial charge on any atom is 0.336 e. The van der Waals surface area contributed by atoms with Crippen molar-refractivity contribution in [3.8, 4) is 0 Å². The number of hydrogen-bond donors (Lipinski definition) is 4. The fourth-order valence-corrected chi connectivity index (χ4v) is 3.50. The number of benzene rings is 1. The Morgan fingerprint density at radius 2 is 2.17 bits per heavy atom. The van der Waals surface area contributed by atoms with Gasteiger partial charge in [0.15, 0.2) is 0 Å². The number of rotatable bonds is 4. The Morgan fingerprint density at radius 3 is 2.83 bits per heavy atom. The summed E-state index contributed by atoms with van der Waals surface area (Å²) in [5, 5.41) is 6.26. The van der Waals surface area contributed by atoms with Crippen LogP contribution in [-0.4, -0.2) is 28.3 Å². The molecule has 1 atom stereocenters. The molecule has 1 aromatic carbocycles. The molecule has 1 unspecified atom stereocenters. The van der Waals surface area contributed by atoms with Gasteiger partial charge < -0.3 is 24.8 Å². The second-order valence-corrected chi connectivity index (χ2v) is 7.41. The number of hydrogen-bond acceptors (Lipinski definition) is 5. The van der Waals surface area contributed by atoms with Gasteiger partial charge in [-0.15, -0.1) is 0 Å². The highest BCUT2D eigenvalue weighted by atomic mass is 31.2. The van der Waals surface area contributed by atoms with Crippen molar-refractivity contribution in [2.45, 2.75) is 25.0 Å². The first-order chi connectivity index (χ1) is 11.3. The minimum absolute atomic E-state index is 0.166. The molecule has 0 aliphatic carbocycles. The summed E-state index contributed by atoms with van der Waals surface area (Å²) in [6.07, 6.45) is 1.16. The van der Waals surface area contributed by atoms with Crippen LogP contribution in [0.2, 0.25) is 0 Å². The van der Waals surface area contributed by atoms with Crippen LogP contribution in [0.1, 0.15) is 18.4 Å². The summed E-state index contributed by atoms with van der Waals surface area (Å²) >= 11 is 0. The van der Waals surface area contributed by atoms with E-state index < -0.39 is 19.4 Å². The zero-order valence-electron chi connectivity index (χ0n) is 12.7. The topological polar surface area (TPSA) is 129 Å². The Morgan fingerprint density at radius 1 is 1.38 bits per heavy atom. The van der Waals surface area contributed by atoms with E-state index in [9.17, 15) is 14.2 Å². The van der Waals surface area contributed by atoms with E-state index in [1.165, 1.54) is 6.07 Å². The van der Waals surface area contributed by atoms with Crippen molar-refractivity contribution in [2.24, 2.45) is 0 Å². The van der Waals surface area contributed by atoms with E-state index in [0.29, 0.717) is 11.1 Å². The van der Waals surface area contributed by atoms with Gasteiger partial charge in [0.1, 0.15) is 5.58 Å². The lowest BCUT2D eigenvalue weighted by atomic mass is 10.1. The van der Waals surface area contributed by atoms with Crippen LogP contribution in [0.15, 0.2) is 33.5 Å². The molecule has 1 fully saturated rings. The summed E-state index contributed by atoms with van der Waals surface area (Å²) in [6.45, 7) is 0.802. The molecule has 9 heteroatoms. The number of carbonyl (C=O) groups excluding carboxylic acids is 1. The first-order valence-corrected chi connectivity index (χ1v) is 9.27. The lowest BCUT2D eigenvalue weighted by Crippen LogP contribution is -2.35. The average molecular weight is 352 g/mol. The van der Waals surface area contributed by atoms with Crippen molar-refractivity contribution in [3.63, 3.8) is 0 Å². The predicted molar refractivity (Wildman–Crippen MR) is 87.9 cm³/mol. The summed E-state index contributed by atoms with van der Waals surface area (Å²) < 4.78 is 16.3. The van der Waals surface area contributed by atoms with Gasteiger partial charge in [-0.05, 0) is 37.1 Å². The molecule has 0 spiro atoms. The predicted octanol–water partition coefficient (Wildman–Crippen LogP) is 1.16. The molecule has 2 aromatic rings. The van der Waals surface area contributed by atoms with Gasteiger partial charge in [-0.3, -0.25) is 9.36 Å². The molecule has 1 saturated heterocycles. The normalized spacial score (nSPS) is 18.0. The van der Waals surface area contributed by atoms with E-state index in [0.717, 1.165) is 25.5 Å². The molecule has 1 aromatic heterocycles. The molecule has 4 N–H and O–H groups in total. The van der Waals surface area contributed by atoms with Crippen molar-refractivity contribution < 1.29 is 23.6 Å². The highest BCUT2D eigenvalue weighted by molar-refractivity contribution is 7.50. The van der Waals surface area contributed by atoms with E-state index in [1.54, 1.807) is 12.1 Å². The zero-order chi connectivity index (χ0) is 17.3. The minimum Gasteiger partial charge on any atom is -0.423 e. The minimum atomic E-state index is -4.32. The third-order valence-corrected chi connectivity index (χ3v) is 4.60. The third kappa shape index (κ3) is 3.91. The summed E-state index contributed by atoms with van der Waals surface area (Å²) in [6, 6.07) is 5.49. The van der Waals surface area contributed by atoms with E-state index in [4.69, 9.17) is 14.2 Å². The van der Waals surface area contributed by atoms with Crippen molar-refractivity contribution in [1.82, 2.24) is 5.32 Å². The second-order valence-electron chi connectivity index (χ2n) is 5.76. The molecule has 2 heterocycles. The summed E-state index contributed by atoms with van der Waals surface area (Å²) in [5.74, 6) is -0.166. The Balaban J connectivity index is 1.92. The molecule has 1 aliphatic heterocycles. The maximum atomic E-state index is 12.1. The van der Waals surface area contributed by atoms with Gasteiger partial charge in [-0.2, -0.15) is 0 Å². The van der Waals surface area contributed by atoms with Crippen molar-refractivity contribution in [2.75, 3.05) is 11.9 Å². The summed E-state index contributed by atoms with van der Waals surface area (Å²) in [5.41, 5.74) is 0.137. The fraction of sp³-hybridized carbons (Fsp3) is 0.333. The standard InChI is InChI=1S/C15H17N2O6P/c18-14-6-9(8-24(20,21)22)11-4-3-10(7-13(11)23-14)17-15(19)12-2-1-5-16-12/h3-4,6-7,12,16H,1-2,5,8H2,(H,17,19)(H2,20,21,22). The van der Waals surface area contributed by atoms with Crippen LogP contribution in [0.25, 0.3) is 11.0 Å². The molecule has 1 aliphatic rings. The molecular formula is C15H17N2O6P. The molecule has 1 amide bonds. The monoisotopic (exact) mass is 352 g/mol. The number of fused-ring (bicyclic) bond motifs is 1. The smallest absolute Gasteiger partial charge is 0.336 e. The Bertz CT molecular complexity index is 881. The van der Waals surface area contributed by atoms with Crippen LogP contribution in [0.3, 0.4) is 0 Å². The zero-order valence-corrected chi connectivity index (χ0v) is 13.6. The molecule has 0 bridgehead atoms. The SMILES string of the molecule is O=C(Nc1ccc2c(CP(=O)(O)O)cc(=O)oc2c1)C1CCCN1. The van der Waals surface area contributed by atoms with Crippen LogP contribution in [0.4, 0.5) is 5.69 Å². The van der Waals surface area contributed by atoms with Gasteiger partial charge in [0.25, 0.3) is 0 Å². The van der Waals surface area contributed by atoms with Crippen LogP contribution in [-0.2, 0) is 15.5 Å². The second kappa shape index (κ2) is 6.49. The Hall–Kier alpha value is -1.99. The highest BCUT2D eigenvalue weighted by Gasteiger charge is 2.22. The lowest BCUT2D eigenvalue weighted by molar-refractivity contribution is -0.117. The fourth-order valence-electron chi connectivity index (χ4n) is 2.80. The molecule has 3 rings (SSSR count). The number of anilines is 1. The molecule has 0 radical (unpaired) electrons. The maximum absolute atomic E-state index is 12.1. The molecule has 0 saturated carbocycles. The number of nitrogens with one attached hydrogen (secondary N) is 2. The summed E-state index contributed by atoms with van der Waals surface area (Å²) in [4.78, 5) is 42.0. The van der Waals surface area contributed by atoms with Gasteiger partial charge in [0.2, 0.25) is 5.91 Å². The van der Waals surface area contributed by atoms with Gasteiger partial charge in [-0.1, -0.05) is 0 Å². The van der Waals surface area contributed by atoms with Crippen LogP contribution >= 0.6 is 7.60 Å². The van der Waals surface area contributed by atoms with Gasteiger partial charge in [-0.25, -0.2) is 4.79 Å². The highest BCUT2D eigenvalue weighted by Crippen LogP contribution is 2.40.